The van der Waals surface area contributed by atoms with E-state index in [4.69, 9.17) is 4.42 Å². The Kier molecular flexibility index (Phi) is 6.44. The molecule has 26 heavy (non-hydrogen) atoms. The van der Waals surface area contributed by atoms with Gasteiger partial charge >= 0.3 is 0 Å². The average Bonchev–Trinajstić information content (AvgIpc) is 3.00. The highest BCUT2D eigenvalue weighted by molar-refractivity contribution is 7.89. The van der Waals surface area contributed by atoms with Gasteiger partial charge in [-0.1, -0.05) is 12.1 Å². The highest BCUT2D eigenvalue weighted by Gasteiger charge is 2.30. The Morgan fingerprint density at radius 2 is 2.12 bits per heavy atom. The van der Waals surface area contributed by atoms with Crippen LogP contribution in [0, 0.1) is 5.82 Å². The molecule has 142 valence electrons. The normalized spacial score (nSPS) is 17.6. The van der Waals surface area contributed by atoms with Crippen molar-refractivity contribution in [3.05, 3.63) is 59.3 Å². The van der Waals surface area contributed by atoms with Crippen molar-refractivity contribution in [2.24, 2.45) is 0 Å². The van der Waals surface area contributed by atoms with Crippen molar-refractivity contribution in [3.63, 3.8) is 0 Å². The summed E-state index contributed by atoms with van der Waals surface area (Å²) in [5.74, 6) is -0.639. The number of nitrogens with zero attached hydrogens (tertiary/aromatic N) is 1. The highest BCUT2D eigenvalue weighted by Crippen LogP contribution is 2.25. The smallest absolute Gasteiger partial charge is 0.290 e. The van der Waals surface area contributed by atoms with Gasteiger partial charge in [0.1, 0.15) is 17.3 Å². The molecule has 0 spiro atoms. The Morgan fingerprint density at radius 1 is 1.35 bits per heavy atom. The van der Waals surface area contributed by atoms with Gasteiger partial charge in [0.25, 0.3) is 5.91 Å². The van der Waals surface area contributed by atoms with E-state index in [1.807, 2.05) is 0 Å². The average molecular weight is 403 g/mol. The fourth-order valence-corrected chi connectivity index (χ4v) is 3.60. The SMILES string of the molecule is CS(=O)(=O)Cc1ccc(C(=O)N2CCNCC2c2cccc(F)c2)o1.Cl. The first kappa shape index (κ1) is 20.4. The Balaban J connectivity index is 0.00000243. The topological polar surface area (TPSA) is 79.6 Å². The summed E-state index contributed by atoms with van der Waals surface area (Å²) in [7, 11) is -3.24. The lowest BCUT2D eigenvalue weighted by Gasteiger charge is -2.36. The number of rotatable bonds is 4. The second-order valence-electron chi connectivity index (χ2n) is 6.11. The van der Waals surface area contributed by atoms with Gasteiger partial charge in [-0.2, -0.15) is 0 Å². The van der Waals surface area contributed by atoms with Crippen molar-refractivity contribution < 1.29 is 22.0 Å². The molecule has 0 aliphatic carbocycles. The maximum atomic E-state index is 13.5. The quantitative estimate of drug-likeness (QED) is 0.847. The molecule has 1 aromatic carbocycles. The van der Waals surface area contributed by atoms with Crippen molar-refractivity contribution >= 4 is 28.2 Å². The summed E-state index contributed by atoms with van der Waals surface area (Å²) in [6, 6.07) is 8.81. The maximum Gasteiger partial charge on any atom is 0.290 e. The third kappa shape index (κ3) is 4.84. The van der Waals surface area contributed by atoms with Gasteiger partial charge in [0, 0.05) is 25.9 Å². The summed E-state index contributed by atoms with van der Waals surface area (Å²) < 4.78 is 41.7. The minimum atomic E-state index is -3.24. The zero-order valence-electron chi connectivity index (χ0n) is 14.1. The van der Waals surface area contributed by atoms with Crippen LogP contribution in [0.25, 0.3) is 0 Å². The van der Waals surface area contributed by atoms with Crippen LogP contribution in [0.2, 0.25) is 0 Å². The maximum absolute atomic E-state index is 13.5. The van der Waals surface area contributed by atoms with Gasteiger partial charge in [0.05, 0.1) is 6.04 Å². The number of piperazine rings is 1. The first-order chi connectivity index (χ1) is 11.8. The number of amides is 1. The molecule has 1 fully saturated rings. The standard InChI is InChI=1S/C17H19FN2O4S.ClH/c1-25(22,23)11-14-5-6-16(24-14)17(21)20-8-7-19-10-15(20)12-3-2-4-13(18)9-12;/h2-6,9,15,19H,7-8,10-11H2,1H3;1H. The summed E-state index contributed by atoms with van der Waals surface area (Å²) in [5.41, 5.74) is 0.698. The van der Waals surface area contributed by atoms with E-state index in [0.29, 0.717) is 25.2 Å². The largest absolute Gasteiger partial charge is 0.455 e. The van der Waals surface area contributed by atoms with Gasteiger partial charge in [-0.15, -0.1) is 12.4 Å². The molecule has 1 amide bonds. The lowest BCUT2D eigenvalue weighted by Crippen LogP contribution is -2.48. The molecule has 6 nitrogen and oxygen atoms in total. The number of benzene rings is 1. The molecule has 0 saturated carbocycles. The molecule has 1 atom stereocenters. The van der Waals surface area contributed by atoms with E-state index in [2.05, 4.69) is 5.32 Å². The van der Waals surface area contributed by atoms with Gasteiger partial charge in [0.15, 0.2) is 15.6 Å². The molecule has 1 aromatic heterocycles. The van der Waals surface area contributed by atoms with E-state index in [9.17, 15) is 17.6 Å². The third-order valence-electron chi connectivity index (χ3n) is 4.01. The number of carbonyl (C=O) groups excluding carboxylic acids is 1. The molecular weight excluding hydrogens is 383 g/mol. The second-order valence-corrected chi connectivity index (χ2v) is 8.25. The molecule has 9 heteroatoms. The Morgan fingerprint density at radius 3 is 2.81 bits per heavy atom. The molecular formula is C17H20ClFN2O4S. The van der Waals surface area contributed by atoms with E-state index >= 15 is 0 Å². The number of sulfone groups is 1. The molecule has 1 N–H and O–H groups in total. The van der Waals surface area contributed by atoms with Crippen LogP contribution in [0.1, 0.15) is 27.9 Å². The Hall–Kier alpha value is -1.90. The zero-order chi connectivity index (χ0) is 18.0. The van der Waals surface area contributed by atoms with Crippen molar-refractivity contribution in [2.45, 2.75) is 11.8 Å². The van der Waals surface area contributed by atoms with E-state index in [1.54, 1.807) is 17.0 Å². The molecule has 0 radical (unpaired) electrons. The van der Waals surface area contributed by atoms with E-state index in [0.717, 1.165) is 6.26 Å². The van der Waals surface area contributed by atoms with Gasteiger partial charge in [-0.25, -0.2) is 12.8 Å². The molecule has 1 aliphatic rings. The monoisotopic (exact) mass is 402 g/mol. The van der Waals surface area contributed by atoms with Gasteiger partial charge < -0.3 is 14.6 Å². The summed E-state index contributed by atoms with van der Waals surface area (Å²) in [4.78, 5) is 14.4. The van der Waals surface area contributed by atoms with Crippen LogP contribution in [0.3, 0.4) is 0 Å². The van der Waals surface area contributed by atoms with Gasteiger partial charge in [0.2, 0.25) is 0 Å². The Labute approximate surface area is 157 Å². The number of hydrogen-bond acceptors (Lipinski definition) is 5. The zero-order valence-corrected chi connectivity index (χ0v) is 15.8. The molecule has 2 aromatic rings. The van der Waals surface area contributed by atoms with Crippen molar-refractivity contribution in [1.82, 2.24) is 10.2 Å². The lowest BCUT2D eigenvalue weighted by atomic mass is 10.0. The molecule has 0 bridgehead atoms. The predicted molar refractivity (Wildman–Crippen MR) is 97.6 cm³/mol. The van der Waals surface area contributed by atoms with Crippen molar-refractivity contribution in [2.75, 3.05) is 25.9 Å². The first-order valence-electron chi connectivity index (χ1n) is 7.87. The molecule has 1 aliphatic heterocycles. The minimum Gasteiger partial charge on any atom is -0.455 e. The van der Waals surface area contributed by atoms with E-state index in [1.165, 1.54) is 24.3 Å². The second kappa shape index (κ2) is 8.20. The summed E-state index contributed by atoms with van der Waals surface area (Å²) in [5, 5.41) is 3.20. The van der Waals surface area contributed by atoms with Crippen LogP contribution in [0.15, 0.2) is 40.8 Å². The summed E-state index contributed by atoms with van der Waals surface area (Å²) in [6.45, 7) is 1.57. The third-order valence-corrected chi connectivity index (χ3v) is 4.82. The van der Waals surface area contributed by atoms with Crippen LogP contribution < -0.4 is 5.32 Å². The van der Waals surface area contributed by atoms with Crippen LogP contribution >= 0.6 is 12.4 Å². The fourth-order valence-electron chi connectivity index (χ4n) is 2.93. The molecule has 3 rings (SSSR count). The number of carbonyl (C=O) groups is 1. The molecule has 2 heterocycles. The number of hydrogen-bond donors (Lipinski definition) is 1. The van der Waals surface area contributed by atoms with E-state index < -0.39 is 9.84 Å². The first-order valence-corrected chi connectivity index (χ1v) is 9.93. The van der Waals surface area contributed by atoms with Crippen LogP contribution in [-0.2, 0) is 15.6 Å². The minimum absolute atomic E-state index is 0. The predicted octanol–water partition coefficient (Wildman–Crippen LogP) is 2.17. The van der Waals surface area contributed by atoms with Crippen LogP contribution in [0.5, 0.6) is 0 Å². The highest BCUT2D eigenvalue weighted by atomic mass is 35.5. The Bertz CT molecular complexity index is 884. The summed E-state index contributed by atoms with van der Waals surface area (Å²) in [6.07, 6.45) is 1.10. The van der Waals surface area contributed by atoms with Crippen LogP contribution in [-0.4, -0.2) is 45.1 Å². The van der Waals surface area contributed by atoms with Crippen LogP contribution in [0.4, 0.5) is 4.39 Å². The summed E-state index contributed by atoms with van der Waals surface area (Å²) >= 11 is 0. The van der Waals surface area contributed by atoms with Gasteiger partial charge in [-0.3, -0.25) is 4.79 Å². The molecule has 1 saturated heterocycles. The molecule has 1 unspecified atom stereocenters. The van der Waals surface area contributed by atoms with Crippen molar-refractivity contribution in [3.8, 4) is 0 Å². The lowest BCUT2D eigenvalue weighted by molar-refractivity contribution is 0.0599. The van der Waals surface area contributed by atoms with Crippen molar-refractivity contribution in [1.29, 1.82) is 0 Å². The number of furan rings is 1. The van der Waals surface area contributed by atoms with E-state index in [-0.39, 0.29) is 47.4 Å². The van der Waals surface area contributed by atoms with Gasteiger partial charge in [-0.05, 0) is 29.8 Å². The fraction of sp³-hybridized carbons (Fsp3) is 0.353. The number of nitrogens with one attached hydrogen (secondary N) is 1. The number of halogens is 2.